The van der Waals surface area contributed by atoms with Crippen molar-refractivity contribution in [2.24, 2.45) is 5.41 Å². The summed E-state index contributed by atoms with van der Waals surface area (Å²) < 4.78 is 10.8. The Labute approximate surface area is 184 Å². The predicted molar refractivity (Wildman–Crippen MR) is 121 cm³/mol. The van der Waals surface area contributed by atoms with Gasteiger partial charge in [0.2, 0.25) is 0 Å². The van der Waals surface area contributed by atoms with Crippen molar-refractivity contribution in [1.82, 2.24) is 0 Å². The Kier molecular flexibility index (Phi) is 3.13. The summed E-state index contributed by atoms with van der Waals surface area (Å²) in [6, 6.07) is 24.7. The van der Waals surface area contributed by atoms with Crippen LogP contribution in [0.4, 0.5) is 0 Å². The first-order chi connectivity index (χ1) is 15.6. The maximum absolute atomic E-state index is 13.6. The summed E-state index contributed by atoms with van der Waals surface area (Å²) >= 11 is 0. The molecule has 4 atom stereocenters. The third-order valence-corrected chi connectivity index (χ3v) is 8.23. The Morgan fingerprint density at radius 1 is 0.719 bits per heavy atom. The Bertz CT molecular complexity index is 1520. The van der Waals surface area contributed by atoms with Gasteiger partial charge in [0.1, 0.15) is 10.8 Å². The van der Waals surface area contributed by atoms with Crippen molar-refractivity contribution in [1.29, 1.82) is 0 Å². The van der Waals surface area contributed by atoms with E-state index < -0.39 is 10.8 Å². The molecular formula is C28H20O4. The van der Waals surface area contributed by atoms with Crippen LogP contribution in [0.5, 0.6) is 0 Å². The predicted octanol–water partition coefficient (Wildman–Crippen LogP) is 4.82. The van der Waals surface area contributed by atoms with Gasteiger partial charge in [0, 0.05) is 11.8 Å². The molecule has 7 rings (SSSR count). The van der Waals surface area contributed by atoms with E-state index in [9.17, 15) is 9.59 Å². The standard InChI is InChI=1S/C28H20O4/c1-31-25(29)27-20-14-12-16-8-4-6-10-18(16)22(20)23-21-17-9-5-3-7-15(17)11-13-19(21)24(27)28(23,27)26(30)32-2/h3-14,23-24H,1-2H3. The second kappa shape index (κ2) is 5.57. The number of carbonyl (C=O) groups excluding carboxylic acids is 2. The van der Waals surface area contributed by atoms with Crippen LogP contribution in [-0.4, -0.2) is 26.2 Å². The van der Waals surface area contributed by atoms with Gasteiger partial charge in [-0.15, -0.1) is 0 Å². The quantitative estimate of drug-likeness (QED) is 0.437. The average molecular weight is 420 g/mol. The molecule has 3 aliphatic rings. The van der Waals surface area contributed by atoms with Crippen LogP contribution in [0.15, 0.2) is 72.8 Å². The number of hydrogen-bond donors (Lipinski definition) is 0. The van der Waals surface area contributed by atoms with Crippen molar-refractivity contribution in [2.75, 3.05) is 14.2 Å². The highest BCUT2D eigenvalue weighted by Gasteiger charge is 2.95. The zero-order valence-electron chi connectivity index (χ0n) is 17.7. The van der Waals surface area contributed by atoms with Crippen LogP contribution in [0.25, 0.3) is 21.5 Å². The van der Waals surface area contributed by atoms with Crippen LogP contribution < -0.4 is 0 Å². The highest BCUT2D eigenvalue weighted by molar-refractivity contribution is 6.12. The minimum absolute atomic E-state index is 0.263. The summed E-state index contributed by atoms with van der Waals surface area (Å²) in [6.07, 6.45) is 0. The molecule has 4 unspecified atom stereocenters. The molecule has 0 heterocycles. The van der Waals surface area contributed by atoms with Gasteiger partial charge in [-0.05, 0) is 43.8 Å². The van der Waals surface area contributed by atoms with Gasteiger partial charge < -0.3 is 9.47 Å². The number of ether oxygens (including phenoxy) is 2. The highest BCUT2D eigenvalue weighted by atomic mass is 16.5. The van der Waals surface area contributed by atoms with Gasteiger partial charge in [0.25, 0.3) is 0 Å². The molecule has 1 fully saturated rings. The van der Waals surface area contributed by atoms with Gasteiger partial charge >= 0.3 is 11.9 Å². The molecule has 0 amide bonds. The fourth-order valence-corrected chi connectivity index (χ4v) is 7.31. The Hall–Kier alpha value is -3.66. The topological polar surface area (TPSA) is 52.6 Å². The van der Waals surface area contributed by atoms with Gasteiger partial charge in [-0.1, -0.05) is 72.8 Å². The molecule has 0 aliphatic heterocycles. The van der Waals surface area contributed by atoms with Crippen molar-refractivity contribution in [3.8, 4) is 0 Å². The molecule has 4 aromatic carbocycles. The van der Waals surface area contributed by atoms with Gasteiger partial charge in [0.15, 0.2) is 0 Å². The Morgan fingerprint density at radius 3 is 1.97 bits per heavy atom. The van der Waals surface area contributed by atoms with Crippen LogP contribution in [0, 0.1) is 5.41 Å². The van der Waals surface area contributed by atoms with Crippen LogP contribution in [0.3, 0.4) is 0 Å². The van der Waals surface area contributed by atoms with E-state index in [4.69, 9.17) is 9.47 Å². The van der Waals surface area contributed by atoms with Gasteiger partial charge in [0.05, 0.1) is 14.2 Å². The highest BCUT2D eigenvalue weighted by Crippen LogP contribution is 2.90. The van der Waals surface area contributed by atoms with Crippen LogP contribution >= 0.6 is 0 Å². The van der Waals surface area contributed by atoms with Crippen molar-refractivity contribution in [2.45, 2.75) is 17.3 Å². The molecule has 4 nitrogen and oxygen atoms in total. The maximum Gasteiger partial charge on any atom is 0.318 e. The van der Waals surface area contributed by atoms with E-state index in [0.29, 0.717) is 0 Å². The van der Waals surface area contributed by atoms with E-state index in [1.54, 1.807) is 0 Å². The summed E-state index contributed by atoms with van der Waals surface area (Å²) in [5, 5.41) is 4.43. The molecule has 3 aliphatic carbocycles. The van der Waals surface area contributed by atoms with E-state index in [1.807, 2.05) is 36.4 Å². The molecule has 4 heteroatoms. The van der Waals surface area contributed by atoms with E-state index in [1.165, 1.54) is 14.2 Å². The van der Waals surface area contributed by atoms with Gasteiger partial charge in [-0.3, -0.25) is 9.59 Å². The zero-order valence-corrected chi connectivity index (χ0v) is 17.7. The summed E-state index contributed by atoms with van der Waals surface area (Å²) in [5.41, 5.74) is 2.12. The third kappa shape index (κ3) is 1.58. The molecule has 32 heavy (non-hydrogen) atoms. The molecule has 0 bridgehead atoms. The number of carbonyl (C=O) groups is 2. The normalized spacial score (nSPS) is 28.2. The monoisotopic (exact) mass is 420 g/mol. The smallest absolute Gasteiger partial charge is 0.318 e. The van der Waals surface area contributed by atoms with Crippen molar-refractivity contribution in [3.05, 3.63) is 95.1 Å². The molecule has 4 aromatic rings. The minimum Gasteiger partial charge on any atom is -0.469 e. The lowest BCUT2D eigenvalue weighted by molar-refractivity contribution is -0.154. The van der Waals surface area contributed by atoms with E-state index in [0.717, 1.165) is 43.8 Å². The fourth-order valence-electron chi connectivity index (χ4n) is 7.31. The molecule has 0 N–H and O–H groups in total. The molecule has 0 saturated heterocycles. The van der Waals surface area contributed by atoms with E-state index in [-0.39, 0.29) is 23.8 Å². The molecule has 0 radical (unpaired) electrons. The third-order valence-electron chi connectivity index (χ3n) is 8.23. The molecule has 0 aromatic heterocycles. The Morgan fingerprint density at radius 2 is 1.31 bits per heavy atom. The minimum atomic E-state index is -1.05. The van der Waals surface area contributed by atoms with E-state index >= 15 is 0 Å². The number of benzene rings is 4. The first-order valence-corrected chi connectivity index (χ1v) is 10.8. The first-order valence-electron chi connectivity index (χ1n) is 10.8. The summed E-state index contributed by atoms with van der Waals surface area (Å²) in [5.74, 6) is -1.24. The molecule has 156 valence electrons. The van der Waals surface area contributed by atoms with Crippen molar-refractivity contribution in [3.63, 3.8) is 0 Å². The van der Waals surface area contributed by atoms with Crippen LogP contribution in [0.1, 0.15) is 34.1 Å². The number of hydrogen-bond acceptors (Lipinski definition) is 4. The zero-order chi connectivity index (χ0) is 21.8. The summed E-state index contributed by atoms with van der Waals surface area (Å²) in [4.78, 5) is 27.2. The Balaban J connectivity index is 1.70. The summed E-state index contributed by atoms with van der Waals surface area (Å²) in [6.45, 7) is 0. The molecule has 1 saturated carbocycles. The second-order valence-electron chi connectivity index (χ2n) is 9.06. The first kappa shape index (κ1) is 18.0. The van der Waals surface area contributed by atoms with E-state index in [2.05, 4.69) is 36.4 Å². The van der Waals surface area contributed by atoms with Gasteiger partial charge in [-0.2, -0.15) is 0 Å². The van der Waals surface area contributed by atoms with Crippen molar-refractivity contribution >= 4 is 33.5 Å². The SMILES string of the molecule is COC(=O)C12c3ccc4ccccc4c3C3c4c(ccc5ccccc45)C1C32C(=O)OC. The molecular weight excluding hydrogens is 400 g/mol. The number of rotatable bonds is 2. The summed E-state index contributed by atoms with van der Waals surface area (Å²) in [7, 11) is 2.83. The van der Waals surface area contributed by atoms with Crippen LogP contribution in [-0.2, 0) is 24.5 Å². The second-order valence-corrected chi connectivity index (χ2v) is 9.06. The number of fused-ring (bicyclic) bond motifs is 11. The van der Waals surface area contributed by atoms with Gasteiger partial charge in [-0.25, -0.2) is 0 Å². The largest absolute Gasteiger partial charge is 0.469 e. The van der Waals surface area contributed by atoms with Crippen LogP contribution in [0.2, 0.25) is 0 Å². The lowest BCUT2D eigenvalue weighted by Gasteiger charge is -2.23. The lowest BCUT2D eigenvalue weighted by atomic mass is 9.80. The number of esters is 2. The lowest BCUT2D eigenvalue weighted by Crippen LogP contribution is -2.34. The van der Waals surface area contributed by atoms with Crippen molar-refractivity contribution < 1.29 is 19.1 Å². The number of methoxy groups -OCH3 is 2. The molecule has 0 spiro atoms. The average Bonchev–Trinajstić information content (AvgIpc) is 3.27. The fraction of sp³-hybridized carbons (Fsp3) is 0.214. The maximum atomic E-state index is 13.6.